The number of nitrogens with one attached hydrogen (secondary N) is 1. The van der Waals surface area contributed by atoms with Crippen LogP contribution in [-0.4, -0.2) is 33.8 Å². The van der Waals surface area contributed by atoms with E-state index in [4.69, 9.17) is 4.52 Å². The Morgan fingerprint density at radius 2 is 2.18 bits per heavy atom. The van der Waals surface area contributed by atoms with Crippen LogP contribution in [0.1, 0.15) is 56.7 Å². The van der Waals surface area contributed by atoms with Gasteiger partial charge in [0, 0.05) is 24.0 Å². The van der Waals surface area contributed by atoms with E-state index in [0.717, 1.165) is 24.8 Å². The van der Waals surface area contributed by atoms with Crippen LogP contribution in [-0.2, 0) is 4.79 Å². The van der Waals surface area contributed by atoms with E-state index in [1.807, 2.05) is 6.92 Å². The monoisotopic (exact) mass is 305 g/mol. The summed E-state index contributed by atoms with van der Waals surface area (Å²) in [5.41, 5.74) is 2.12. The molecule has 1 aromatic rings. The van der Waals surface area contributed by atoms with E-state index in [0.29, 0.717) is 24.7 Å². The Hall–Kier alpha value is -1.69. The first-order valence-corrected chi connectivity index (χ1v) is 7.99. The van der Waals surface area contributed by atoms with Crippen molar-refractivity contribution in [3.63, 3.8) is 0 Å². The summed E-state index contributed by atoms with van der Waals surface area (Å²) < 4.78 is 5.20. The van der Waals surface area contributed by atoms with E-state index in [1.54, 1.807) is 6.92 Å². The zero-order valence-electron chi connectivity index (χ0n) is 13.1. The summed E-state index contributed by atoms with van der Waals surface area (Å²) in [7, 11) is 0. The van der Waals surface area contributed by atoms with Gasteiger partial charge in [-0.05, 0) is 46.0 Å². The minimum atomic E-state index is -0.436. The molecule has 6 heteroatoms. The third-order valence-electron chi connectivity index (χ3n) is 4.90. The first-order chi connectivity index (χ1) is 10.5. The molecule has 0 aliphatic heterocycles. The van der Waals surface area contributed by atoms with Crippen LogP contribution in [0, 0.1) is 12.8 Å². The predicted molar refractivity (Wildman–Crippen MR) is 80.1 cm³/mol. The summed E-state index contributed by atoms with van der Waals surface area (Å²) >= 11 is 0. The summed E-state index contributed by atoms with van der Waals surface area (Å²) in [5, 5.41) is 17.0. The highest BCUT2D eigenvalue weighted by molar-refractivity contribution is 5.93. The molecule has 22 heavy (non-hydrogen) atoms. The molecule has 0 aromatic carbocycles. The third kappa shape index (κ3) is 3.06. The van der Waals surface area contributed by atoms with Gasteiger partial charge in [0.1, 0.15) is 0 Å². The van der Waals surface area contributed by atoms with Crippen LogP contribution < -0.4 is 5.32 Å². The Labute approximate surface area is 130 Å². The van der Waals surface area contributed by atoms with E-state index in [2.05, 4.69) is 15.5 Å². The van der Waals surface area contributed by atoms with Crippen LogP contribution in [0.2, 0.25) is 0 Å². The van der Waals surface area contributed by atoms with Gasteiger partial charge in [-0.15, -0.1) is 0 Å². The molecule has 2 saturated carbocycles. The van der Waals surface area contributed by atoms with Crippen LogP contribution in [0.15, 0.2) is 15.7 Å². The number of aromatic nitrogens is 2. The van der Waals surface area contributed by atoms with Crippen molar-refractivity contribution in [3.8, 4) is 0 Å². The van der Waals surface area contributed by atoms with Gasteiger partial charge in [0.25, 0.3) is 0 Å². The maximum atomic E-state index is 12.1. The summed E-state index contributed by atoms with van der Waals surface area (Å²) in [6.45, 7) is 4.17. The first-order valence-electron chi connectivity index (χ1n) is 7.99. The molecule has 1 amide bonds. The van der Waals surface area contributed by atoms with Crippen molar-refractivity contribution in [2.45, 2.75) is 58.0 Å². The second-order valence-corrected chi connectivity index (χ2v) is 6.47. The fraction of sp³-hybridized carbons (Fsp3) is 0.688. The maximum Gasteiger partial charge on any atom is 0.246 e. The number of carbonyl (C=O) groups is 1. The molecule has 1 aromatic heterocycles. The summed E-state index contributed by atoms with van der Waals surface area (Å²) in [5.74, 6) is 1.34. The van der Waals surface area contributed by atoms with E-state index in [9.17, 15) is 9.90 Å². The van der Waals surface area contributed by atoms with E-state index < -0.39 is 6.10 Å². The summed E-state index contributed by atoms with van der Waals surface area (Å²) in [6, 6.07) is 0. The molecule has 0 bridgehead atoms. The fourth-order valence-corrected chi connectivity index (χ4v) is 3.25. The van der Waals surface area contributed by atoms with Crippen molar-refractivity contribution in [2.24, 2.45) is 5.92 Å². The largest absolute Gasteiger partial charge is 0.393 e. The topological polar surface area (TPSA) is 88.3 Å². The summed E-state index contributed by atoms with van der Waals surface area (Å²) in [4.78, 5) is 16.3. The SMILES string of the molecule is CC(C(=O)NC[C@H]1C[C@H](c2nc(C)no2)C[C@H]1O)=C1CCC1. The number of nitrogens with zero attached hydrogens (tertiary/aromatic N) is 2. The Kier molecular flexibility index (Phi) is 4.29. The second-order valence-electron chi connectivity index (χ2n) is 6.47. The van der Waals surface area contributed by atoms with Crippen LogP contribution in [0.25, 0.3) is 0 Å². The molecule has 2 N–H and O–H groups in total. The number of allylic oxidation sites excluding steroid dienone is 1. The number of hydrogen-bond acceptors (Lipinski definition) is 5. The van der Waals surface area contributed by atoms with Crippen LogP contribution in [0.5, 0.6) is 0 Å². The maximum absolute atomic E-state index is 12.1. The van der Waals surface area contributed by atoms with Gasteiger partial charge in [-0.25, -0.2) is 0 Å². The van der Waals surface area contributed by atoms with Crippen molar-refractivity contribution >= 4 is 5.91 Å². The fourth-order valence-electron chi connectivity index (χ4n) is 3.25. The van der Waals surface area contributed by atoms with Gasteiger partial charge in [-0.1, -0.05) is 10.7 Å². The molecule has 0 spiro atoms. The number of aliphatic hydroxyl groups is 1. The Morgan fingerprint density at radius 3 is 2.77 bits per heavy atom. The molecule has 120 valence electrons. The lowest BCUT2D eigenvalue weighted by atomic mass is 9.88. The van der Waals surface area contributed by atoms with E-state index >= 15 is 0 Å². The van der Waals surface area contributed by atoms with Crippen molar-refractivity contribution < 1.29 is 14.4 Å². The molecular weight excluding hydrogens is 282 g/mol. The van der Waals surface area contributed by atoms with Crippen molar-refractivity contribution in [1.29, 1.82) is 0 Å². The zero-order valence-corrected chi connectivity index (χ0v) is 13.1. The molecule has 3 atom stereocenters. The molecule has 2 fully saturated rings. The molecular formula is C16H23N3O3. The highest BCUT2D eigenvalue weighted by Crippen LogP contribution is 2.37. The van der Waals surface area contributed by atoms with Crippen molar-refractivity contribution in [3.05, 3.63) is 22.9 Å². The minimum Gasteiger partial charge on any atom is -0.393 e. The van der Waals surface area contributed by atoms with Gasteiger partial charge in [0.05, 0.1) is 6.10 Å². The number of amides is 1. The van der Waals surface area contributed by atoms with Crippen LogP contribution in [0.3, 0.4) is 0 Å². The minimum absolute atomic E-state index is 0.000940. The normalized spacial score (nSPS) is 27.6. The summed E-state index contributed by atoms with van der Waals surface area (Å²) in [6.07, 6.45) is 4.22. The molecule has 2 aliphatic rings. The lowest BCUT2D eigenvalue weighted by Crippen LogP contribution is -2.33. The Balaban J connectivity index is 1.54. The van der Waals surface area contributed by atoms with Gasteiger partial charge < -0.3 is 14.9 Å². The first kappa shape index (κ1) is 15.2. The number of hydrogen-bond donors (Lipinski definition) is 2. The average molecular weight is 305 g/mol. The quantitative estimate of drug-likeness (QED) is 0.829. The lowest BCUT2D eigenvalue weighted by Gasteiger charge is -2.21. The van der Waals surface area contributed by atoms with Crippen LogP contribution >= 0.6 is 0 Å². The molecule has 0 radical (unpaired) electrons. The number of rotatable bonds is 4. The van der Waals surface area contributed by atoms with Crippen molar-refractivity contribution in [1.82, 2.24) is 15.5 Å². The third-order valence-corrected chi connectivity index (χ3v) is 4.90. The van der Waals surface area contributed by atoms with Gasteiger partial charge in [-0.2, -0.15) is 4.98 Å². The lowest BCUT2D eigenvalue weighted by molar-refractivity contribution is -0.117. The van der Waals surface area contributed by atoms with Gasteiger partial charge in [-0.3, -0.25) is 4.79 Å². The Bertz CT molecular complexity index is 587. The van der Waals surface area contributed by atoms with Gasteiger partial charge in [0.2, 0.25) is 11.8 Å². The van der Waals surface area contributed by atoms with E-state index in [-0.39, 0.29) is 17.7 Å². The highest BCUT2D eigenvalue weighted by Gasteiger charge is 2.36. The zero-order chi connectivity index (χ0) is 15.7. The molecule has 3 rings (SSSR count). The Morgan fingerprint density at radius 1 is 1.41 bits per heavy atom. The molecule has 2 aliphatic carbocycles. The average Bonchev–Trinajstić information content (AvgIpc) is 3.00. The molecule has 0 saturated heterocycles. The number of carbonyl (C=O) groups excluding carboxylic acids is 1. The second kappa shape index (κ2) is 6.20. The molecule has 6 nitrogen and oxygen atoms in total. The standard InChI is InChI=1S/C16H23N3O3/c1-9(11-4-3-5-11)15(21)17-8-13-6-12(7-14(13)20)16-18-10(2)19-22-16/h12-14,20H,3-8H2,1-2H3,(H,17,21)/t12-,13+,14+/m0/s1. The molecule has 0 unspecified atom stereocenters. The van der Waals surface area contributed by atoms with Crippen molar-refractivity contribution in [2.75, 3.05) is 6.54 Å². The van der Waals surface area contributed by atoms with E-state index in [1.165, 1.54) is 12.0 Å². The predicted octanol–water partition coefficient (Wildman–Crippen LogP) is 1.85. The smallest absolute Gasteiger partial charge is 0.246 e. The number of aryl methyl sites for hydroxylation is 1. The molecule has 1 heterocycles. The number of aliphatic hydroxyl groups excluding tert-OH is 1. The van der Waals surface area contributed by atoms with Crippen LogP contribution in [0.4, 0.5) is 0 Å². The van der Waals surface area contributed by atoms with Gasteiger partial charge in [0.15, 0.2) is 5.82 Å². The highest BCUT2D eigenvalue weighted by atomic mass is 16.5. The van der Waals surface area contributed by atoms with Gasteiger partial charge >= 0.3 is 0 Å².